The van der Waals surface area contributed by atoms with Gasteiger partial charge in [-0.15, -0.1) is 23.1 Å². The molecule has 4 atom stereocenters. The number of hydrogen-bond donors (Lipinski definition) is 1. The van der Waals surface area contributed by atoms with Crippen molar-refractivity contribution in [3.8, 4) is 0 Å². The standard InChI is InChI=1S/C16H24N2O2S2/c1-10-8-13(12-6-7-21-16(12)22-10)17-9-11-4-5-14(20-11)15(19)18(2)3/h6-7,10-11,13-14,17H,4-5,8-9H2,1-3H3/t10-,11?,13?,14?/m0/s1. The third-order valence-corrected chi connectivity index (χ3v) is 6.67. The van der Waals surface area contributed by atoms with E-state index in [-0.39, 0.29) is 18.1 Å². The van der Waals surface area contributed by atoms with Gasteiger partial charge in [-0.05, 0) is 36.3 Å². The Morgan fingerprint density at radius 2 is 2.27 bits per heavy atom. The van der Waals surface area contributed by atoms with Crippen LogP contribution in [0, 0.1) is 0 Å². The summed E-state index contributed by atoms with van der Waals surface area (Å²) >= 11 is 3.83. The Balaban J connectivity index is 1.53. The molecule has 1 fully saturated rings. The van der Waals surface area contributed by atoms with Crippen LogP contribution < -0.4 is 5.32 Å². The fourth-order valence-corrected chi connectivity index (χ4v) is 5.71. The van der Waals surface area contributed by atoms with Crippen molar-refractivity contribution in [3.05, 3.63) is 17.0 Å². The van der Waals surface area contributed by atoms with Crippen molar-refractivity contribution in [2.45, 2.75) is 53.9 Å². The van der Waals surface area contributed by atoms with Gasteiger partial charge in [0.05, 0.1) is 10.3 Å². The number of likely N-dealkylation sites (N-methyl/N-ethyl adjacent to an activating group) is 1. The Morgan fingerprint density at radius 1 is 1.45 bits per heavy atom. The van der Waals surface area contributed by atoms with Gasteiger partial charge in [0.25, 0.3) is 5.91 Å². The lowest BCUT2D eigenvalue weighted by atomic mass is 10.0. The minimum Gasteiger partial charge on any atom is -0.364 e. The van der Waals surface area contributed by atoms with E-state index in [2.05, 4.69) is 23.7 Å². The number of amides is 1. The molecule has 2 aliphatic rings. The molecule has 122 valence electrons. The summed E-state index contributed by atoms with van der Waals surface area (Å²) in [5, 5.41) is 6.50. The number of carbonyl (C=O) groups is 1. The first kappa shape index (κ1) is 16.3. The van der Waals surface area contributed by atoms with Gasteiger partial charge in [-0.2, -0.15) is 0 Å². The van der Waals surface area contributed by atoms with E-state index in [1.165, 1.54) is 9.77 Å². The molecule has 0 radical (unpaired) electrons. The van der Waals surface area contributed by atoms with Crippen molar-refractivity contribution in [2.24, 2.45) is 0 Å². The highest BCUT2D eigenvalue weighted by atomic mass is 32.2. The summed E-state index contributed by atoms with van der Waals surface area (Å²) in [5.41, 5.74) is 1.44. The molecule has 2 aliphatic heterocycles. The molecule has 3 heterocycles. The van der Waals surface area contributed by atoms with Gasteiger partial charge in [-0.25, -0.2) is 0 Å². The van der Waals surface area contributed by atoms with Crippen LogP contribution in [-0.2, 0) is 9.53 Å². The van der Waals surface area contributed by atoms with Gasteiger partial charge in [-0.1, -0.05) is 6.92 Å². The molecule has 1 aromatic rings. The highest BCUT2D eigenvalue weighted by Crippen LogP contribution is 2.43. The van der Waals surface area contributed by atoms with Gasteiger partial charge < -0.3 is 15.0 Å². The predicted molar refractivity (Wildman–Crippen MR) is 91.6 cm³/mol. The van der Waals surface area contributed by atoms with Gasteiger partial charge in [0.2, 0.25) is 0 Å². The number of hydrogen-bond acceptors (Lipinski definition) is 5. The van der Waals surface area contributed by atoms with Gasteiger partial charge in [0, 0.05) is 31.9 Å². The van der Waals surface area contributed by atoms with Crippen LogP contribution in [0.2, 0.25) is 0 Å². The Bertz CT molecular complexity index is 532. The van der Waals surface area contributed by atoms with E-state index in [4.69, 9.17) is 4.74 Å². The molecule has 22 heavy (non-hydrogen) atoms. The average Bonchev–Trinajstić information content (AvgIpc) is 3.12. The van der Waals surface area contributed by atoms with Crippen molar-refractivity contribution in [1.29, 1.82) is 0 Å². The number of ether oxygens (including phenoxy) is 1. The van der Waals surface area contributed by atoms with Crippen LogP contribution in [0.5, 0.6) is 0 Å². The van der Waals surface area contributed by atoms with E-state index in [0.717, 1.165) is 25.8 Å². The van der Waals surface area contributed by atoms with Crippen LogP contribution in [0.15, 0.2) is 15.7 Å². The molecule has 4 nitrogen and oxygen atoms in total. The zero-order valence-electron chi connectivity index (χ0n) is 13.4. The summed E-state index contributed by atoms with van der Waals surface area (Å²) in [4.78, 5) is 13.6. The molecule has 0 bridgehead atoms. The second kappa shape index (κ2) is 6.91. The second-order valence-electron chi connectivity index (χ2n) is 6.35. The fraction of sp³-hybridized carbons (Fsp3) is 0.688. The molecule has 3 rings (SSSR count). The number of nitrogens with one attached hydrogen (secondary N) is 1. The van der Waals surface area contributed by atoms with Crippen LogP contribution in [0.25, 0.3) is 0 Å². The lowest BCUT2D eigenvalue weighted by Gasteiger charge is -2.28. The van der Waals surface area contributed by atoms with Crippen molar-refractivity contribution in [3.63, 3.8) is 0 Å². The SMILES string of the molecule is C[C@H]1CC(NCC2CCC(C(=O)N(C)C)O2)c2ccsc2S1. The van der Waals surface area contributed by atoms with Crippen molar-refractivity contribution in [1.82, 2.24) is 10.2 Å². The minimum absolute atomic E-state index is 0.0882. The number of carbonyl (C=O) groups excluding carboxylic acids is 1. The van der Waals surface area contributed by atoms with Gasteiger partial charge in [-0.3, -0.25) is 4.79 Å². The molecule has 0 aromatic carbocycles. The van der Waals surface area contributed by atoms with E-state index >= 15 is 0 Å². The molecule has 1 N–H and O–H groups in total. The molecular weight excluding hydrogens is 316 g/mol. The van der Waals surface area contributed by atoms with E-state index in [1.54, 1.807) is 19.0 Å². The predicted octanol–water partition coefficient (Wildman–Crippen LogP) is 2.90. The first-order valence-corrected chi connectivity index (χ1v) is 9.64. The number of fused-ring (bicyclic) bond motifs is 1. The maximum Gasteiger partial charge on any atom is 0.251 e. The van der Waals surface area contributed by atoms with Crippen molar-refractivity contribution < 1.29 is 9.53 Å². The fourth-order valence-electron chi connectivity index (χ4n) is 3.14. The van der Waals surface area contributed by atoms with E-state index < -0.39 is 0 Å². The number of thiophene rings is 1. The lowest BCUT2D eigenvalue weighted by Crippen LogP contribution is -2.36. The smallest absolute Gasteiger partial charge is 0.251 e. The first-order valence-electron chi connectivity index (χ1n) is 7.88. The molecule has 3 unspecified atom stereocenters. The molecule has 6 heteroatoms. The number of rotatable bonds is 4. The molecule has 1 aromatic heterocycles. The monoisotopic (exact) mass is 340 g/mol. The second-order valence-corrected chi connectivity index (χ2v) is 8.97. The quantitative estimate of drug-likeness (QED) is 0.915. The number of thioether (sulfide) groups is 1. The van der Waals surface area contributed by atoms with E-state index in [0.29, 0.717) is 11.3 Å². The lowest BCUT2D eigenvalue weighted by molar-refractivity contribution is -0.140. The third kappa shape index (κ3) is 3.50. The van der Waals surface area contributed by atoms with Gasteiger partial charge >= 0.3 is 0 Å². The van der Waals surface area contributed by atoms with E-state index in [1.807, 2.05) is 23.1 Å². The molecule has 1 saturated heterocycles. The normalized spacial score (nSPS) is 31.0. The zero-order valence-corrected chi connectivity index (χ0v) is 15.0. The summed E-state index contributed by atoms with van der Waals surface area (Å²) < 4.78 is 7.36. The first-order chi connectivity index (χ1) is 10.5. The molecular formula is C16H24N2O2S2. The van der Waals surface area contributed by atoms with Crippen molar-refractivity contribution >= 4 is 29.0 Å². The summed E-state index contributed by atoms with van der Waals surface area (Å²) in [6.45, 7) is 3.12. The summed E-state index contributed by atoms with van der Waals surface area (Å²) in [5.74, 6) is 0.0882. The van der Waals surface area contributed by atoms with Crippen LogP contribution in [0.4, 0.5) is 0 Å². The Hall–Kier alpha value is -0.560. The average molecular weight is 341 g/mol. The van der Waals surface area contributed by atoms with Crippen LogP contribution in [-0.4, -0.2) is 48.9 Å². The third-order valence-electron chi connectivity index (χ3n) is 4.33. The van der Waals surface area contributed by atoms with Gasteiger partial charge in [0.1, 0.15) is 6.10 Å². The van der Waals surface area contributed by atoms with E-state index in [9.17, 15) is 4.79 Å². The van der Waals surface area contributed by atoms with Crippen LogP contribution in [0.3, 0.4) is 0 Å². The topological polar surface area (TPSA) is 41.6 Å². The zero-order chi connectivity index (χ0) is 15.7. The Morgan fingerprint density at radius 3 is 3.05 bits per heavy atom. The molecule has 0 spiro atoms. The summed E-state index contributed by atoms with van der Waals surface area (Å²) in [7, 11) is 3.58. The maximum absolute atomic E-state index is 11.9. The minimum atomic E-state index is -0.251. The largest absolute Gasteiger partial charge is 0.364 e. The number of nitrogens with zero attached hydrogens (tertiary/aromatic N) is 1. The van der Waals surface area contributed by atoms with Gasteiger partial charge in [0.15, 0.2) is 0 Å². The highest BCUT2D eigenvalue weighted by molar-refractivity contribution is 8.01. The highest BCUT2D eigenvalue weighted by Gasteiger charge is 2.33. The van der Waals surface area contributed by atoms with Crippen LogP contribution in [0.1, 0.15) is 37.8 Å². The van der Waals surface area contributed by atoms with Crippen molar-refractivity contribution in [2.75, 3.05) is 20.6 Å². The Kier molecular flexibility index (Phi) is 5.12. The summed E-state index contributed by atoms with van der Waals surface area (Å²) in [6.07, 6.45) is 2.86. The van der Waals surface area contributed by atoms with Crippen LogP contribution >= 0.6 is 23.1 Å². The summed E-state index contributed by atoms with van der Waals surface area (Å²) in [6, 6.07) is 2.66. The Labute approximate surface area is 140 Å². The molecule has 0 saturated carbocycles. The molecule has 1 amide bonds. The maximum atomic E-state index is 11.9. The molecule has 0 aliphatic carbocycles.